The van der Waals surface area contributed by atoms with E-state index in [0.29, 0.717) is 12.5 Å². The molecule has 1 aromatic heterocycles. The largest absolute Gasteiger partial charge is 0.341 e. The maximum Gasteiger partial charge on any atom is 0.319 e. The Bertz CT molecular complexity index is 517. The summed E-state index contributed by atoms with van der Waals surface area (Å²) in [6, 6.07) is 1.34. The molecular weight excluding hydrogens is 270 g/mol. The highest BCUT2D eigenvalue weighted by Crippen LogP contribution is 2.29. The molecule has 0 atom stereocenters. The van der Waals surface area contributed by atoms with Crippen molar-refractivity contribution in [3.05, 3.63) is 33.1 Å². The molecule has 6 nitrogen and oxygen atoms in total. The van der Waals surface area contributed by atoms with Crippen molar-refractivity contribution in [3.63, 3.8) is 0 Å². The molecule has 0 aliphatic heterocycles. The number of nitro groups is 1. The molecule has 102 valence electrons. The predicted molar refractivity (Wildman–Crippen MR) is 70.2 cm³/mol. The van der Waals surface area contributed by atoms with Crippen molar-refractivity contribution in [3.8, 4) is 0 Å². The lowest BCUT2D eigenvalue weighted by atomic mass is 9.85. The van der Waals surface area contributed by atoms with Crippen molar-refractivity contribution in [2.24, 2.45) is 5.92 Å². The van der Waals surface area contributed by atoms with E-state index >= 15 is 0 Å². The van der Waals surface area contributed by atoms with E-state index in [0.717, 1.165) is 12.8 Å². The van der Waals surface area contributed by atoms with Crippen LogP contribution in [0.5, 0.6) is 0 Å². The van der Waals surface area contributed by atoms with Gasteiger partial charge in [-0.25, -0.2) is 4.98 Å². The lowest BCUT2D eigenvalue weighted by Gasteiger charge is -2.30. The van der Waals surface area contributed by atoms with Gasteiger partial charge >= 0.3 is 5.69 Å². The first-order valence-corrected chi connectivity index (χ1v) is 6.43. The first-order valence-electron chi connectivity index (χ1n) is 6.05. The molecule has 0 unspecified atom stereocenters. The van der Waals surface area contributed by atoms with Gasteiger partial charge in [0.25, 0.3) is 5.91 Å². The Hall–Kier alpha value is -1.69. The molecule has 0 aromatic carbocycles. The molecule has 1 aliphatic rings. The van der Waals surface area contributed by atoms with Crippen LogP contribution >= 0.6 is 11.6 Å². The maximum absolute atomic E-state index is 12.2. The number of carbonyl (C=O) groups excluding carboxylic acids is 1. The second-order valence-electron chi connectivity index (χ2n) is 4.74. The molecule has 1 amide bonds. The second-order valence-corrected chi connectivity index (χ2v) is 5.10. The molecule has 1 aromatic rings. The summed E-state index contributed by atoms with van der Waals surface area (Å²) < 4.78 is 0. The van der Waals surface area contributed by atoms with E-state index in [4.69, 9.17) is 11.6 Å². The first kappa shape index (κ1) is 13.7. The van der Waals surface area contributed by atoms with Gasteiger partial charge in [0.1, 0.15) is 5.56 Å². The summed E-state index contributed by atoms with van der Waals surface area (Å²) in [6.07, 6.45) is 4.71. The van der Waals surface area contributed by atoms with Crippen LogP contribution in [0.2, 0.25) is 5.15 Å². The molecule has 0 bridgehead atoms. The molecule has 0 radical (unpaired) electrons. The maximum atomic E-state index is 12.2. The van der Waals surface area contributed by atoms with E-state index in [2.05, 4.69) is 4.98 Å². The Labute approximate surface area is 115 Å². The van der Waals surface area contributed by atoms with Gasteiger partial charge in [-0.3, -0.25) is 14.9 Å². The molecule has 19 heavy (non-hydrogen) atoms. The molecule has 0 saturated heterocycles. The number of hydrogen-bond acceptors (Lipinski definition) is 4. The highest BCUT2D eigenvalue weighted by atomic mass is 35.5. The molecule has 1 aliphatic carbocycles. The summed E-state index contributed by atoms with van der Waals surface area (Å²) in [4.78, 5) is 27.7. The number of rotatable bonds is 4. The molecule has 1 saturated carbocycles. The molecule has 7 heteroatoms. The van der Waals surface area contributed by atoms with Crippen molar-refractivity contribution in [2.45, 2.75) is 19.3 Å². The SMILES string of the molecule is CN(CC1CCC1)C(=O)c1ccnc(Cl)c1[N+](=O)[O-]. The van der Waals surface area contributed by atoms with Crippen molar-refractivity contribution < 1.29 is 9.72 Å². The number of amides is 1. The predicted octanol–water partition coefficient (Wildman–Crippen LogP) is 2.52. The Balaban J connectivity index is 2.22. The Morgan fingerprint density at radius 3 is 2.84 bits per heavy atom. The summed E-state index contributed by atoms with van der Waals surface area (Å²) in [5, 5.41) is 10.7. The molecule has 0 N–H and O–H groups in total. The van der Waals surface area contributed by atoms with Gasteiger partial charge in [0, 0.05) is 19.8 Å². The minimum Gasteiger partial charge on any atom is -0.341 e. The third-order valence-corrected chi connectivity index (χ3v) is 3.67. The fourth-order valence-corrected chi connectivity index (χ4v) is 2.35. The Morgan fingerprint density at radius 1 is 1.63 bits per heavy atom. The summed E-state index contributed by atoms with van der Waals surface area (Å²) in [7, 11) is 1.65. The van der Waals surface area contributed by atoms with Crippen LogP contribution < -0.4 is 0 Å². The third kappa shape index (κ3) is 2.84. The summed E-state index contributed by atoms with van der Waals surface area (Å²) in [5.74, 6) is 0.119. The van der Waals surface area contributed by atoms with Crippen molar-refractivity contribution in [2.75, 3.05) is 13.6 Å². The zero-order valence-corrected chi connectivity index (χ0v) is 11.3. The van der Waals surface area contributed by atoms with Crippen LogP contribution in [0.4, 0.5) is 5.69 Å². The van der Waals surface area contributed by atoms with E-state index in [1.54, 1.807) is 7.05 Å². The van der Waals surface area contributed by atoms with Crippen LogP contribution in [0.25, 0.3) is 0 Å². The van der Waals surface area contributed by atoms with Crippen LogP contribution in [0, 0.1) is 16.0 Å². The van der Waals surface area contributed by atoms with Crippen LogP contribution in [-0.4, -0.2) is 34.3 Å². The number of halogens is 1. The molecular formula is C12H14ClN3O3. The van der Waals surface area contributed by atoms with Gasteiger partial charge in [-0.15, -0.1) is 0 Å². The minimum absolute atomic E-state index is 0.00757. The average Bonchev–Trinajstić information content (AvgIpc) is 2.31. The number of hydrogen-bond donors (Lipinski definition) is 0. The highest BCUT2D eigenvalue weighted by Gasteiger charge is 2.28. The van der Waals surface area contributed by atoms with Gasteiger partial charge in [0.2, 0.25) is 5.15 Å². The second kappa shape index (κ2) is 5.52. The van der Waals surface area contributed by atoms with Gasteiger partial charge in [-0.05, 0) is 24.8 Å². The van der Waals surface area contributed by atoms with Crippen molar-refractivity contribution in [1.29, 1.82) is 0 Å². The standard InChI is InChI=1S/C12H14ClN3O3/c1-15(7-8-3-2-4-8)12(17)9-5-6-14-11(13)10(9)16(18)19/h5-6,8H,2-4,7H2,1H3. The quantitative estimate of drug-likeness (QED) is 0.483. The number of pyridine rings is 1. The lowest BCUT2D eigenvalue weighted by Crippen LogP contribution is -2.34. The number of aromatic nitrogens is 1. The zero-order valence-electron chi connectivity index (χ0n) is 10.5. The molecule has 2 rings (SSSR count). The topological polar surface area (TPSA) is 76.3 Å². The smallest absolute Gasteiger partial charge is 0.319 e. The van der Waals surface area contributed by atoms with E-state index in [1.807, 2.05) is 0 Å². The van der Waals surface area contributed by atoms with Gasteiger partial charge in [0.15, 0.2) is 0 Å². The highest BCUT2D eigenvalue weighted by molar-refractivity contribution is 6.32. The Morgan fingerprint density at radius 2 is 2.32 bits per heavy atom. The van der Waals surface area contributed by atoms with Crippen LogP contribution in [0.1, 0.15) is 29.6 Å². The monoisotopic (exact) mass is 283 g/mol. The first-order chi connectivity index (χ1) is 9.00. The van der Waals surface area contributed by atoms with E-state index < -0.39 is 10.6 Å². The van der Waals surface area contributed by atoms with Gasteiger partial charge in [-0.1, -0.05) is 18.0 Å². The van der Waals surface area contributed by atoms with Crippen LogP contribution in [0.15, 0.2) is 12.3 Å². The van der Waals surface area contributed by atoms with E-state index in [9.17, 15) is 14.9 Å². The van der Waals surface area contributed by atoms with Crippen molar-refractivity contribution >= 4 is 23.2 Å². The lowest BCUT2D eigenvalue weighted by molar-refractivity contribution is -0.385. The summed E-state index contributed by atoms with van der Waals surface area (Å²) >= 11 is 5.69. The van der Waals surface area contributed by atoms with Crippen LogP contribution in [-0.2, 0) is 0 Å². The van der Waals surface area contributed by atoms with Crippen molar-refractivity contribution in [1.82, 2.24) is 9.88 Å². The fourth-order valence-electron chi connectivity index (χ4n) is 2.13. The molecule has 1 heterocycles. The Kier molecular flexibility index (Phi) is 3.99. The van der Waals surface area contributed by atoms with E-state index in [1.165, 1.54) is 23.6 Å². The van der Waals surface area contributed by atoms with E-state index in [-0.39, 0.29) is 16.6 Å². The van der Waals surface area contributed by atoms with Gasteiger partial charge in [-0.2, -0.15) is 0 Å². The normalized spacial score (nSPS) is 14.8. The fraction of sp³-hybridized carbons (Fsp3) is 0.500. The third-order valence-electron chi connectivity index (χ3n) is 3.40. The van der Waals surface area contributed by atoms with Gasteiger partial charge < -0.3 is 4.90 Å². The molecule has 1 fully saturated rings. The molecule has 0 spiro atoms. The number of carbonyl (C=O) groups is 1. The average molecular weight is 284 g/mol. The summed E-state index contributed by atoms with van der Waals surface area (Å²) in [5.41, 5.74) is -0.429. The van der Waals surface area contributed by atoms with Gasteiger partial charge in [0.05, 0.1) is 4.92 Å². The zero-order chi connectivity index (χ0) is 14.0. The van der Waals surface area contributed by atoms with Crippen LogP contribution in [0.3, 0.4) is 0 Å². The minimum atomic E-state index is -0.667. The number of nitrogens with zero attached hydrogens (tertiary/aromatic N) is 3. The summed E-state index contributed by atoms with van der Waals surface area (Å²) in [6.45, 7) is 0.621.